The first-order valence-electron chi connectivity index (χ1n) is 10.9. The van der Waals surface area contributed by atoms with E-state index in [0.717, 1.165) is 69.2 Å². The van der Waals surface area contributed by atoms with Gasteiger partial charge in [-0.3, -0.25) is 9.67 Å². The maximum Gasteiger partial charge on any atom is 0.177 e. The number of rotatable bonds is 4. The van der Waals surface area contributed by atoms with E-state index in [-0.39, 0.29) is 6.10 Å². The molecule has 5 aromatic heterocycles. The van der Waals surface area contributed by atoms with E-state index in [0.29, 0.717) is 11.9 Å². The number of hydrogen-bond donors (Lipinski definition) is 2. The number of furan rings is 1. The van der Waals surface area contributed by atoms with Crippen molar-refractivity contribution in [2.24, 2.45) is 0 Å². The van der Waals surface area contributed by atoms with Gasteiger partial charge in [-0.1, -0.05) is 0 Å². The molecular weight excluding hydrogens is 422 g/mol. The average Bonchev–Trinajstić information content (AvgIpc) is 3.56. The third kappa shape index (κ3) is 3.18. The van der Waals surface area contributed by atoms with Crippen LogP contribution in [-0.2, 0) is 0 Å². The molecule has 8 heteroatoms. The molecule has 0 aromatic carbocycles. The van der Waals surface area contributed by atoms with Crippen LogP contribution < -0.4 is 5.32 Å². The number of fused-ring (bicyclic) bond motifs is 2. The van der Waals surface area contributed by atoms with Gasteiger partial charge in [-0.15, -0.1) is 11.3 Å². The fraction of sp³-hybridized carbons (Fsp3) is 0.292. The van der Waals surface area contributed by atoms with Crippen molar-refractivity contribution in [3.63, 3.8) is 0 Å². The number of nitrogens with zero attached hydrogens (tertiary/aromatic N) is 4. The Morgan fingerprint density at radius 2 is 2.00 bits per heavy atom. The highest BCUT2D eigenvalue weighted by atomic mass is 32.1. The van der Waals surface area contributed by atoms with E-state index in [2.05, 4.69) is 38.0 Å². The SMILES string of the molecule is CNc1ncc(-c2cnn([C@H]3CC[C@H](O)CC3)c2)c2cc(-c3csc4cnccc34)oc12. The molecule has 0 bridgehead atoms. The van der Waals surface area contributed by atoms with Crippen molar-refractivity contribution >= 4 is 38.2 Å². The molecule has 5 heterocycles. The summed E-state index contributed by atoms with van der Waals surface area (Å²) in [6.07, 6.45) is 13.0. The molecule has 1 saturated carbocycles. The lowest BCUT2D eigenvalue weighted by Crippen LogP contribution is -2.21. The van der Waals surface area contributed by atoms with Crippen molar-refractivity contribution < 1.29 is 9.52 Å². The highest BCUT2D eigenvalue weighted by Gasteiger charge is 2.23. The second-order valence-corrected chi connectivity index (χ2v) is 9.23. The number of hydrogen-bond acceptors (Lipinski definition) is 7. The van der Waals surface area contributed by atoms with Crippen molar-refractivity contribution in [3.8, 4) is 22.5 Å². The Morgan fingerprint density at radius 3 is 2.84 bits per heavy atom. The highest BCUT2D eigenvalue weighted by Crippen LogP contribution is 2.41. The van der Waals surface area contributed by atoms with Crippen LogP contribution in [0.5, 0.6) is 0 Å². The summed E-state index contributed by atoms with van der Waals surface area (Å²) in [5, 5.41) is 21.9. The van der Waals surface area contributed by atoms with E-state index in [1.807, 2.05) is 42.6 Å². The predicted molar refractivity (Wildman–Crippen MR) is 127 cm³/mol. The molecule has 5 aromatic rings. The lowest BCUT2D eigenvalue weighted by molar-refractivity contribution is 0.108. The molecule has 0 amide bonds. The summed E-state index contributed by atoms with van der Waals surface area (Å²) in [6, 6.07) is 4.46. The van der Waals surface area contributed by atoms with Gasteiger partial charge < -0.3 is 14.8 Å². The number of nitrogens with one attached hydrogen (secondary N) is 1. The van der Waals surface area contributed by atoms with Gasteiger partial charge in [0, 0.05) is 64.7 Å². The van der Waals surface area contributed by atoms with E-state index >= 15 is 0 Å². The largest absolute Gasteiger partial charge is 0.452 e. The average molecular weight is 446 g/mol. The van der Waals surface area contributed by atoms with Crippen molar-refractivity contribution in [3.05, 3.63) is 48.5 Å². The van der Waals surface area contributed by atoms with Gasteiger partial charge in [0.15, 0.2) is 11.4 Å². The lowest BCUT2D eigenvalue weighted by Gasteiger charge is -2.25. The number of aliphatic hydroxyl groups excluding tert-OH is 1. The summed E-state index contributed by atoms with van der Waals surface area (Å²) >= 11 is 1.66. The summed E-state index contributed by atoms with van der Waals surface area (Å²) in [5.41, 5.74) is 3.82. The van der Waals surface area contributed by atoms with Crippen LogP contribution in [0.2, 0.25) is 0 Å². The third-order valence-electron chi connectivity index (χ3n) is 6.39. The third-order valence-corrected chi connectivity index (χ3v) is 7.33. The number of aliphatic hydroxyl groups is 1. The zero-order chi connectivity index (χ0) is 21.7. The van der Waals surface area contributed by atoms with Gasteiger partial charge in [-0.2, -0.15) is 5.10 Å². The molecule has 32 heavy (non-hydrogen) atoms. The molecule has 2 N–H and O–H groups in total. The van der Waals surface area contributed by atoms with Crippen LogP contribution in [0.25, 0.3) is 43.5 Å². The second kappa shape index (κ2) is 7.72. The Hall–Kier alpha value is -3.23. The van der Waals surface area contributed by atoms with Crippen molar-refractivity contribution in [1.29, 1.82) is 0 Å². The Morgan fingerprint density at radius 1 is 1.12 bits per heavy atom. The quantitative estimate of drug-likeness (QED) is 0.380. The van der Waals surface area contributed by atoms with Crippen molar-refractivity contribution in [1.82, 2.24) is 19.7 Å². The Kier molecular flexibility index (Phi) is 4.69. The first-order chi connectivity index (χ1) is 15.7. The number of anilines is 1. The van der Waals surface area contributed by atoms with Crippen LogP contribution in [0, 0.1) is 0 Å². The molecule has 0 saturated heterocycles. The summed E-state index contributed by atoms with van der Waals surface area (Å²) in [4.78, 5) is 8.83. The minimum atomic E-state index is -0.174. The molecule has 1 aliphatic rings. The number of aromatic nitrogens is 4. The van der Waals surface area contributed by atoms with Gasteiger partial charge in [0.1, 0.15) is 5.76 Å². The van der Waals surface area contributed by atoms with E-state index in [1.54, 1.807) is 11.3 Å². The lowest BCUT2D eigenvalue weighted by atomic mass is 9.93. The fourth-order valence-corrected chi connectivity index (χ4v) is 5.55. The minimum Gasteiger partial charge on any atom is -0.452 e. The fourth-order valence-electron chi connectivity index (χ4n) is 4.64. The van der Waals surface area contributed by atoms with E-state index in [4.69, 9.17) is 4.42 Å². The standard InChI is InChI=1S/C24H23N5O2S/c1-25-24-23-18(8-21(31-23)20-13-32-22-11-26-7-6-17(20)22)19(10-27-24)14-9-28-29(12-14)15-2-4-16(30)5-3-15/h6-13,15-16,30H,2-5H2,1H3,(H,25,27)/t15-,16-. The van der Waals surface area contributed by atoms with Gasteiger partial charge >= 0.3 is 0 Å². The molecule has 7 nitrogen and oxygen atoms in total. The van der Waals surface area contributed by atoms with E-state index in [9.17, 15) is 5.11 Å². The van der Waals surface area contributed by atoms with Gasteiger partial charge in [-0.25, -0.2) is 4.98 Å². The van der Waals surface area contributed by atoms with Crippen LogP contribution in [0.15, 0.2) is 52.9 Å². The zero-order valence-electron chi connectivity index (χ0n) is 17.7. The first kappa shape index (κ1) is 19.5. The Bertz CT molecular complexity index is 1410. The maximum atomic E-state index is 9.81. The van der Waals surface area contributed by atoms with Crippen LogP contribution >= 0.6 is 11.3 Å². The van der Waals surface area contributed by atoms with Gasteiger partial charge in [-0.05, 0) is 37.8 Å². The second-order valence-electron chi connectivity index (χ2n) is 8.32. The predicted octanol–water partition coefficient (Wildman–Crippen LogP) is 5.49. The maximum absolute atomic E-state index is 9.81. The Balaban J connectivity index is 1.44. The highest BCUT2D eigenvalue weighted by molar-refractivity contribution is 7.17. The number of thiophene rings is 1. The zero-order valence-corrected chi connectivity index (χ0v) is 18.5. The topological polar surface area (TPSA) is 89.0 Å². The number of pyridine rings is 2. The smallest absolute Gasteiger partial charge is 0.177 e. The molecular formula is C24H23N5O2S. The molecule has 0 spiro atoms. The molecule has 1 fully saturated rings. The monoisotopic (exact) mass is 445 g/mol. The molecule has 1 aliphatic carbocycles. The van der Waals surface area contributed by atoms with Crippen molar-refractivity contribution in [2.45, 2.75) is 37.8 Å². The molecule has 162 valence electrons. The Labute approximate surface area is 188 Å². The van der Waals surface area contributed by atoms with Crippen LogP contribution in [0.4, 0.5) is 5.82 Å². The first-order valence-corrected chi connectivity index (χ1v) is 11.7. The molecule has 6 rings (SSSR count). The van der Waals surface area contributed by atoms with Gasteiger partial charge in [0.05, 0.1) is 23.0 Å². The summed E-state index contributed by atoms with van der Waals surface area (Å²) < 4.78 is 9.52. The summed E-state index contributed by atoms with van der Waals surface area (Å²) in [5.74, 6) is 1.53. The molecule has 0 radical (unpaired) electrons. The minimum absolute atomic E-state index is 0.174. The van der Waals surface area contributed by atoms with E-state index in [1.165, 1.54) is 0 Å². The summed E-state index contributed by atoms with van der Waals surface area (Å²) in [7, 11) is 1.85. The van der Waals surface area contributed by atoms with Gasteiger partial charge in [0.25, 0.3) is 0 Å². The molecule has 0 unspecified atom stereocenters. The van der Waals surface area contributed by atoms with Crippen LogP contribution in [0.3, 0.4) is 0 Å². The molecule has 0 atom stereocenters. The normalized spacial score (nSPS) is 19.1. The van der Waals surface area contributed by atoms with Gasteiger partial charge in [0.2, 0.25) is 0 Å². The van der Waals surface area contributed by atoms with Crippen LogP contribution in [0.1, 0.15) is 31.7 Å². The van der Waals surface area contributed by atoms with E-state index < -0.39 is 0 Å². The van der Waals surface area contributed by atoms with Crippen molar-refractivity contribution in [2.75, 3.05) is 12.4 Å². The molecule has 0 aliphatic heterocycles. The van der Waals surface area contributed by atoms with Crippen LogP contribution in [-0.4, -0.2) is 38.0 Å². The summed E-state index contributed by atoms with van der Waals surface area (Å²) in [6.45, 7) is 0.